The first-order chi connectivity index (χ1) is 7.30. The lowest BCUT2D eigenvalue weighted by Gasteiger charge is -2.32. The largest absolute Gasteiger partial charge is 0.375 e. The third-order valence-corrected chi connectivity index (χ3v) is 4.19. The van der Waals surface area contributed by atoms with E-state index >= 15 is 0 Å². The van der Waals surface area contributed by atoms with E-state index in [1.165, 1.54) is 25.9 Å². The number of rotatable bonds is 2. The highest BCUT2D eigenvalue weighted by atomic mass is 16.5. The fraction of sp³-hybridized carbons (Fsp3) is 1.00. The van der Waals surface area contributed by atoms with Gasteiger partial charge in [-0.05, 0) is 45.6 Å². The Balaban J connectivity index is 2.00. The van der Waals surface area contributed by atoms with Crippen LogP contribution in [0.5, 0.6) is 0 Å². The van der Waals surface area contributed by atoms with Gasteiger partial charge in [0.05, 0.1) is 12.2 Å². The minimum Gasteiger partial charge on any atom is -0.375 e. The van der Waals surface area contributed by atoms with Crippen LogP contribution in [-0.2, 0) is 4.74 Å². The highest BCUT2D eigenvalue weighted by molar-refractivity contribution is 5.01. The van der Waals surface area contributed by atoms with Gasteiger partial charge in [0.25, 0.3) is 0 Å². The Morgan fingerprint density at radius 3 is 2.62 bits per heavy atom. The van der Waals surface area contributed by atoms with Crippen LogP contribution in [0.3, 0.4) is 0 Å². The number of ether oxygens (including phenoxy) is 1. The monoisotopic (exact) mass is 225 g/mol. The van der Waals surface area contributed by atoms with Crippen molar-refractivity contribution in [3.05, 3.63) is 0 Å². The van der Waals surface area contributed by atoms with Gasteiger partial charge in [-0.15, -0.1) is 0 Å². The van der Waals surface area contributed by atoms with Crippen LogP contribution in [0.2, 0.25) is 0 Å². The SMILES string of the molecule is CC(C)(C)OCC1C2CCCN2CC1(C)C. The highest BCUT2D eigenvalue weighted by Gasteiger charge is 2.48. The topological polar surface area (TPSA) is 12.5 Å². The van der Waals surface area contributed by atoms with Crippen LogP contribution in [0, 0.1) is 11.3 Å². The Bertz CT molecular complexity index is 254. The molecule has 2 heteroatoms. The van der Waals surface area contributed by atoms with Crippen molar-refractivity contribution in [1.29, 1.82) is 0 Å². The molecule has 2 heterocycles. The first-order valence-corrected chi connectivity index (χ1v) is 6.68. The summed E-state index contributed by atoms with van der Waals surface area (Å²) in [5.41, 5.74) is 0.429. The normalized spacial score (nSPS) is 34.3. The molecular weight excluding hydrogens is 198 g/mol. The number of nitrogens with zero attached hydrogens (tertiary/aromatic N) is 1. The summed E-state index contributed by atoms with van der Waals surface area (Å²) < 4.78 is 6.03. The molecular formula is C14H27NO. The lowest BCUT2D eigenvalue weighted by atomic mass is 9.78. The van der Waals surface area contributed by atoms with Crippen molar-refractivity contribution < 1.29 is 4.74 Å². The van der Waals surface area contributed by atoms with E-state index in [0.717, 1.165) is 12.6 Å². The maximum absolute atomic E-state index is 6.03. The van der Waals surface area contributed by atoms with Gasteiger partial charge in [-0.2, -0.15) is 0 Å². The van der Waals surface area contributed by atoms with Crippen molar-refractivity contribution >= 4 is 0 Å². The minimum atomic E-state index is 0.00209. The van der Waals surface area contributed by atoms with Gasteiger partial charge in [0.2, 0.25) is 0 Å². The molecule has 2 aliphatic heterocycles. The number of hydrogen-bond acceptors (Lipinski definition) is 2. The molecule has 2 aliphatic rings. The predicted molar refractivity (Wildman–Crippen MR) is 67.6 cm³/mol. The van der Waals surface area contributed by atoms with Crippen LogP contribution >= 0.6 is 0 Å². The first-order valence-electron chi connectivity index (χ1n) is 6.68. The smallest absolute Gasteiger partial charge is 0.0598 e. The first kappa shape index (κ1) is 12.4. The average Bonchev–Trinajstić information content (AvgIpc) is 2.57. The second-order valence-electron chi connectivity index (χ2n) is 7.20. The maximum atomic E-state index is 6.03. The lowest BCUT2D eigenvalue weighted by molar-refractivity contribution is -0.0406. The summed E-state index contributed by atoms with van der Waals surface area (Å²) in [6.45, 7) is 14.8. The van der Waals surface area contributed by atoms with E-state index in [4.69, 9.17) is 4.74 Å². The standard InChI is InChI=1S/C14H27NO/c1-13(2,3)16-9-11-12-7-6-8-15(12)10-14(11,4)5/h11-12H,6-10H2,1-5H3. The van der Waals surface area contributed by atoms with E-state index in [1.54, 1.807) is 0 Å². The van der Waals surface area contributed by atoms with Gasteiger partial charge in [0, 0.05) is 18.5 Å². The molecule has 2 unspecified atom stereocenters. The van der Waals surface area contributed by atoms with Gasteiger partial charge < -0.3 is 4.74 Å². The van der Waals surface area contributed by atoms with Crippen molar-refractivity contribution in [2.45, 2.75) is 59.1 Å². The molecule has 94 valence electrons. The zero-order valence-electron chi connectivity index (χ0n) is 11.5. The van der Waals surface area contributed by atoms with Crippen molar-refractivity contribution in [3.8, 4) is 0 Å². The van der Waals surface area contributed by atoms with E-state index in [-0.39, 0.29) is 5.60 Å². The molecule has 0 aromatic carbocycles. The Hall–Kier alpha value is -0.0800. The van der Waals surface area contributed by atoms with Crippen LogP contribution in [0.25, 0.3) is 0 Å². The van der Waals surface area contributed by atoms with Gasteiger partial charge in [0.1, 0.15) is 0 Å². The average molecular weight is 225 g/mol. The molecule has 2 atom stereocenters. The molecule has 0 aromatic heterocycles. The van der Waals surface area contributed by atoms with Crippen LogP contribution in [-0.4, -0.2) is 36.2 Å². The Morgan fingerprint density at radius 1 is 1.31 bits per heavy atom. The maximum Gasteiger partial charge on any atom is 0.0598 e. The molecule has 0 radical (unpaired) electrons. The number of fused-ring (bicyclic) bond motifs is 1. The molecule has 2 nitrogen and oxygen atoms in total. The summed E-state index contributed by atoms with van der Waals surface area (Å²) in [7, 11) is 0. The third kappa shape index (κ3) is 2.43. The molecule has 2 rings (SSSR count). The van der Waals surface area contributed by atoms with E-state index in [2.05, 4.69) is 39.5 Å². The summed E-state index contributed by atoms with van der Waals surface area (Å²) >= 11 is 0. The Morgan fingerprint density at radius 2 is 2.00 bits per heavy atom. The van der Waals surface area contributed by atoms with Crippen molar-refractivity contribution in [1.82, 2.24) is 4.90 Å². The molecule has 2 fully saturated rings. The summed E-state index contributed by atoms with van der Waals surface area (Å²) in [5, 5.41) is 0. The second kappa shape index (κ2) is 3.99. The summed E-state index contributed by atoms with van der Waals surface area (Å²) in [6.07, 6.45) is 2.76. The quantitative estimate of drug-likeness (QED) is 0.716. The molecule has 0 aromatic rings. The molecule has 0 spiro atoms. The van der Waals surface area contributed by atoms with Crippen LogP contribution in [0.15, 0.2) is 0 Å². The zero-order valence-corrected chi connectivity index (χ0v) is 11.5. The third-order valence-electron chi connectivity index (χ3n) is 4.19. The van der Waals surface area contributed by atoms with Crippen LogP contribution in [0.4, 0.5) is 0 Å². The van der Waals surface area contributed by atoms with Crippen molar-refractivity contribution in [2.24, 2.45) is 11.3 Å². The zero-order chi connectivity index (χ0) is 12.0. The van der Waals surface area contributed by atoms with Gasteiger partial charge in [-0.1, -0.05) is 13.8 Å². The second-order valence-corrected chi connectivity index (χ2v) is 7.20. The summed E-state index contributed by atoms with van der Waals surface area (Å²) in [4.78, 5) is 2.68. The number of hydrogen-bond donors (Lipinski definition) is 0. The van der Waals surface area contributed by atoms with Crippen molar-refractivity contribution in [2.75, 3.05) is 19.7 Å². The molecule has 0 bridgehead atoms. The molecule has 0 aliphatic carbocycles. The molecule has 0 saturated carbocycles. The highest BCUT2D eigenvalue weighted by Crippen LogP contribution is 2.44. The fourth-order valence-electron chi connectivity index (χ4n) is 3.34. The Labute approximate surface area is 100 Å². The van der Waals surface area contributed by atoms with Crippen LogP contribution in [0.1, 0.15) is 47.5 Å². The van der Waals surface area contributed by atoms with E-state index in [0.29, 0.717) is 11.3 Å². The fourth-order valence-corrected chi connectivity index (χ4v) is 3.34. The predicted octanol–water partition coefficient (Wildman–Crippen LogP) is 2.92. The molecule has 16 heavy (non-hydrogen) atoms. The van der Waals surface area contributed by atoms with E-state index in [9.17, 15) is 0 Å². The Kier molecular flexibility index (Phi) is 3.09. The molecule has 2 saturated heterocycles. The van der Waals surface area contributed by atoms with Gasteiger partial charge in [0.15, 0.2) is 0 Å². The summed E-state index contributed by atoms with van der Waals surface area (Å²) in [6, 6.07) is 0.789. The molecule has 0 N–H and O–H groups in total. The van der Waals surface area contributed by atoms with Crippen molar-refractivity contribution in [3.63, 3.8) is 0 Å². The minimum absolute atomic E-state index is 0.00209. The van der Waals surface area contributed by atoms with E-state index < -0.39 is 0 Å². The van der Waals surface area contributed by atoms with Gasteiger partial charge in [-0.3, -0.25) is 4.90 Å². The summed E-state index contributed by atoms with van der Waals surface area (Å²) in [5.74, 6) is 0.717. The molecule has 0 amide bonds. The lowest BCUT2D eigenvalue weighted by Crippen LogP contribution is -2.34. The van der Waals surface area contributed by atoms with E-state index in [1.807, 2.05) is 0 Å². The van der Waals surface area contributed by atoms with Crippen LogP contribution < -0.4 is 0 Å². The van der Waals surface area contributed by atoms with Gasteiger partial charge in [-0.25, -0.2) is 0 Å². The van der Waals surface area contributed by atoms with Gasteiger partial charge >= 0.3 is 0 Å².